The Kier molecular flexibility index (Phi) is 5.16. The average molecular weight is 306 g/mol. The van der Waals surface area contributed by atoms with Crippen LogP contribution < -0.4 is 10.5 Å². The maximum Gasteiger partial charge on any atom is 0.241 e. The maximum absolute atomic E-state index is 12.2. The van der Waals surface area contributed by atoms with Gasteiger partial charge in [0.1, 0.15) is 0 Å². The van der Waals surface area contributed by atoms with Gasteiger partial charge in [-0.05, 0) is 24.1 Å². The summed E-state index contributed by atoms with van der Waals surface area (Å²) in [6, 6.07) is 5.05. The fourth-order valence-corrected chi connectivity index (χ4v) is 3.13. The lowest BCUT2D eigenvalue weighted by atomic mass is 10.1. The Labute approximate surface area is 117 Å². The van der Waals surface area contributed by atoms with E-state index in [1.807, 2.05) is 0 Å². The molecule has 0 amide bonds. The number of nitrogens with zero attached hydrogens (tertiary/aromatic N) is 1. The molecule has 1 aromatic carbocycles. The van der Waals surface area contributed by atoms with E-state index >= 15 is 0 Å². The van der Waals surface area contributed by atoms with E-state index in [1.54, 1.807) is 19.9 Å². The topological polar surface area (TPSA) is 105 Å². The minimum atomic E-state index is -3.79. The molecule has 0 saturated carbocycles. The molecular formula is C11H16ClN3O3S. The highest BCUT2D eigenvalue weighted by atomic mass is 35.5. The molecule has 0 bridgehead atoms. The van der Waals surface area contributed by atoms with Crippen LogP contribution in [0.5, 0.6) is 0 Å². The van der Waals surface area contributed by atoms with Gasteiger partial charge in [0.25, 0.3) is 0 Å². The summed E-state index contributed by atoms with van der Waals surface area (Å²) in [7, 11) is -3.79. The Hall–Kier alpha value is -1.31. The Balaban J connectivity index is 3.08. The normalized spacial score (nSPS) is 14.6. The monoisotopic (exact) mass is 305 g/mol. The van der Waals surface area contributed by atoms with Gasteiger partial charge in [-0.15, -0.1) is 0 Å². The Bertz CT molecular complexity index is 572. The van der Waals surface area contributed by atoms with Crippen LogP contribution in [0.1, 0.15) is 13.8 Å². The van der Waals surface area contributed by atoms with Gasteiger partial charge in [-0.2, -0.15) is 0 Å². The molecule has 0 aliphatic carbocycles. The predicted molar refractivity (Wildman–Crippen MR) is 73.8 cm³/mol. The van der Waals surface area contributed by atoms with E-state index in [1.165, 1.54) is 18.2 Å². The van der Waals surface area contributed by atoms with Crippen molar-refractivity contribution in [3.8, 4) is 0 Å². The van der Waals surface area contributed by atoms with Crippen molar-refractivity contribution in [1.82, 2.24) is 4.72 Å². The van der Waals surface area contributed by atoms with Crippen LogP contribution in [0.4, 0.5) is 0 Å². The molecule has 6 nitrogen and oxygen atoms in total. The first kappa shape index (κ1) is 15.7. The Morgan fingerprint density at radius 1 is 1.47 bits per heavy atom. The van der Waals surface area contributed by atoms with Crippen LogP contribution in [0.2, 0.25) is 5.02 Å². The van der Waals surface area contributed by atoms with Gasteiger partial charge >= 0.3 is 0 Å². The second kappa shape index (κ2) is 6.23. The summed E-state index contributed by atoms with van der Waals surface area (Å²) >= 11 is 5.76. The smallest absolute Gasteiger partial charge is 0.241 e. The second-order valence-corrected chi connectivity index (χ2v) is 6.48. The number of nitrogens with one attached hydrogen (secondary N) is 1. The van der Waals surface area contributed by atoms with Gasteiger partial charge in [-0.1, -0.05) is 36.7 Å². The summed E-state index contributed by atoms with van der Waals surface area (Å²) in [6.45, 7) is 3.51. The molecule has 0 radical (unpaired) electrons. The lowest BCUT2D eigenvalue weighted by Gasteiger charge is -2.20. The summed E-state index contributed by atoms with van der Waals surface area (Å²) in [6.07, 6.45) is 0. The van der Waals surface area contributed by atoms with Crippen LogP contribution in [-0.2, 0) is 10.0 Å². The standard InChI is InChI=1S/C11H16ClN3O3S/c1-7(2)10(11(13)14-16)15-19(17,18)9-5-3-4-8(12)6-9/h3-7,10,15-16H,1-2H3,(H2,13,14). The third-order valence-corrected chi connectivity index (χ3v) is 4.16. The van der Waals surface area contributed by atoms with Gasteiger partial charge in [0, 0.05) is 5.02 Å². The maximum atomic E-state index is 12.2. The molecular weight excluding hydrogens is 290 g/mol. The number of sulfonamides is 1. The van der Waals surface area contributed by atoms with Crippen LogP contribution in [-0.4, -0.2) is 25.5 Å². The molecule has 0 fully saturated rings. The number of hydrogen-bond acceptors (Lipinski definition) is 4. The van der Waals surface area contributed by atoms with Crippen molar-refractivity contribution in [2.24, 2.45) is 16.8 Å². The minimum absolute atomic E-state index is 0.0244. The van der Waals surface area contributed by atoms with E-state index in [4.69, 9.17) is 22.5 Å². The third-order valence-electron chi connectivity index (χ3n) is 2.49. The van der Waals surface area contributed by atoms with E-state index in [0.29, 0.717) is 5.02 Å². The van der Waals surface area contributed by atoms with Crippen LogP contribution in [0.3, 0.4) is 0 Å². The number of benzene rings is 1. The molecule has 0 aliphatic rings. The van der Waals surface area contributed by atoms with E-state index in [9.17, 15) is 8.42 Å². The molecule has 1 unspecified atom stereocenters. The number of amidine groups is 1. The fourth-order valence-electron chi connectivity index (χ4n) is 1.47. The number of oxime groups is 1. The molecule has 1 rings (SSSR count). The third kappa shape index (κ3) is 4.09. The Morgan fingerprint density at radius 3 is 2.58 bits per heavy atom. The van der Waals surface area contributed by atoms with Crippen molar-refractivity contribution in [2.75, 3.05) is 0 Å². The number of halogens is 1. The molecule has 0 saturated heterocycles. The summed E-state index contributed by atoms with van der Waals surface area (Å²) in [4.78, 5) is 0.0244. The van der Waals surface area contributed by atoms with Crippen LogP contribution >= 0.6 is 11.6 Å². The van der Waals surface area contributed by atoms with E-state index in [2.05, 4.69) is 9.88 Å². The zero-order valence-electron chi connectivity index (χ0n) is 10.5. The van der Waals surface area contributed by atoms with Crippen molar-refractivity contribution in [3.63, 3.8) is 0 Å². The molecule has 1 atom stereocenters. The second-order valence-electron chi connectivity index (χ2n) is 4.33. The van der Waals surface area contributed by atoms with E-state index in [0.717, 1.165) is 0 Å². The van der Waals surface area contributed by atoms with E-state index in [-0.39, 0.29) is 16.6 Å². The molecule has 0 spiro atoms. The molecule has 1 aromatic rings. The average Bonchev–Trinajstić information content (AvgIpc) is 2.35. The first-order valence-corrected chi connectivity index (χ1v) is 7.39. The Morgan fingerprint density at radius 2 is 2.11 bits per heavy atom. The van der Waals surface area contributed by atoms with Gasteiger partial charge in [-0.25, -0.2) is 13.1 Å². The van der Waals surface area contributed by atoms with Crippen molar-refractivity contribution >= 4 is 27.5 Å². The number of nitrogens with two attached hydrogens (primary N) is 1. The highest BCUT2D eigenvalue weighted by molar-refractivity contribution is 7.89. The number of hydrogen-bond donors (Lipinski definition) is 3. The van der Waals surface area contributed by atoms with Gasteiger partial charge < -0.3 is 10.9 Å². The molecule has 0 heterocycles. The molecule has 0 aromatic heterocycles. The van der Waals surface area contributed by atoms with Gasteiger partial charge in [0.15, 0.2) is 5.84 Å². The molecule has 106 valence electrons. The van der Waals surface area contributed by atoms with Crippen LogP contribution in [0, 0.1) is 5.92 Å². The van der Waals surface area contributed by atoms with Crippen LogP contribution in [0.25, 0.3) is 0 Å². The summed E-state index contributed by atoms with van der Waals surface area (Å²) in [5.74, 6) is -0.370. The van der Waals surface area contributed by atoms with Gasteiger partial charge in [0.05, 0.1) is 10.9 Å². The van der Waals surface area contributed by atoms with E-state index < -0.39 is 16.1 Å². The largest absolute Gasteiger partial charge is 0.409 e. The van der Waals surface area contributed by atoms with Gasteiger partial charge in [-0.3, -0.25) is 0 Å². The summed E-state index contributed by atoms with van der Waals surface area (Å²) in [5, 5.41) is 11.8. The highest BCUT2D eigenvalue weighted by Crippen LogP contribution is 2.16. The van der Waals surface area contributed by atoms with Crippen LogP contribution in [0.15, 0.2) is 34.3 Å². The molecule has 8 heteroatoms. The van der Waals surface area contributed by atoms with Crippen molar-refractivity contribution < 1.29 is 13.6 Å². The SMILES string of the molecule is CC(C)C(NS(=O)(=O)c1cccc(Cl)c1)C(N)=NO. The molecule has 0 aliphatic heterocycles. The summed E-state index contributed by atoms with van der Waals surface area (Å²) in [5.41, 5.74) is 5.48. The lowest BCUT2D eigenvalue weighted by Crippen LogP contribution is -2.47. The molecule has 19 heavy (non-hydrogen) atoms. The lowest BCUT2D eigenvalue weighted by molar-refractivity contribution is 0.313. The van der Waals surface area contributed by atoms with Crippen molar-refractivity contribution in [2.45, 2.75) is 24.8 Å². The summed E-state index contributed by atoms with van der Waals surface area (Å²) < 4.78 is 26.7. The zero-order chi connectivity index (χ0) is 14.6. The van der Waals surface area contributed by atoms with Gasteiger partial charge in [0.2, 0.25) is 10.0 Å². The molecule has 4 N–H and O–H groups in total. The first-order valence-electron chi connectivity index (χ1n) is 5.53. The fraction of sp³-hybridized carbons (Fsp3) is 0.364. The first-order chi connectivity index (χ1) is 8.77. The van der Waals surface area contributed by atoms with Crippen molar-refractivity contribution in [3.05, 3.63) is 29.3 Å². The zero-order valence-corrected chi connectivity index (χ0v) is 12.1. The van der Waals surface area contributed by atoms with Crippen molar-refractivity contribution in [1.29, 1.82) is 0 Å². The quantitative estimate of drug-likeness (QED) is 0.331. The minimum Gasteiger partial charge on any atom is -0.409 e. The highest BCUT2D eigenvalue weighted by Gasteiger charge is 2.25. The number of rotatable bonds is 5. The predicted octanol–water partition coefficient (Wildman–Crippen LogP) is 1.39.